The van der Waals surface area contributed by atoms with Crippen molar-refractivity contribution >= 4 is 28.9 Å². The summed E-state index contributed by atoms with van der Waals surface area (Å²) in [6.07, 6.45) is 4.92. The number of aryl methyl sites for hydroxylation is 2. The summed E-state index contributed by atoms with van der Waals surface area (Å²) in [5.41, 5.74) is 1.94. The lowest BCUT2D eigenvalue weighted by molar-refractivity contribution is -0.129. The van der Waals surface area contributed by atoms with Crippen molar-refractivity contribution in [3.05, 3.63) is 36.4 Å². The van der Waals surface area contributed by atoms with E-state index in [9.17, 15) is 4.79 Å². The highest BCUT2D eigenvalue weighted by Gasteiger charge is 2.09. The molecule has 0 unspecified atom stereocenters. The lowest BCUT2D eigenvalue weighted by Gasteiger charge is -2.15. The van der Waals surface area contributed by atoms with E-state index in [-0.39, 0.29) is 12.5 Å². The molecule has 0 fully saturated rings. The van der Waals surface area contributed by atoms with Gasteiger partial charge in [-0.2, -0.15) is 0 Å². The molecule has 1 amide bonds. The minimum Gasteiger partial charge on any atom is -0.493 e. The number of amides is 1. The van der Waals surface area contributed by atoms with Crippen LogP contribution in [0, 0.1) is 6.92 Å². The number of carbonyl (C=O) groups is 1. The third-order valence-electron chi connectivity index (χ3n) is 4.28. The Bertz CT molecular complexity index is 822. The van der Waals surface area contributed by atoms with E-state index in [2.05, 4.69) is 20.2 Å². The van der Waals surface area contributed by atoms with Crippen LogP contribution in [0.4, 0.5) is 5.69 Å². The molecule has 158 valence electrons. The van der Waals surface area contributed by atoms with Gasteiger partial charge in [0.25, 0.3) is 0 Å². The molecule has 2 aromatic rings. The maximum Gasteiger partial charge on any atom is 0.225 e. The number of aromatic nitrogens is 2. The molecule has 1 aromatic heterocycles. The van der Waals surface area contributed by atoms with Gasteiger partial charge < -0.3 is 29.6 Å². The van der Waals surface area contributed by atoms with Gasteiger partial charge in [0.15, 0.2) is 16.6 Å². The van der Waals surface area contributed by atoms with Crippen LogP contribution in [0.1, 0.15) is 18.5 Å². The Morgan fingerprint density at radius 3 is 2.76 bits per heavy atom. The molecule has 0 aliphatic rings. The van der Waals surface area contributed by atoms with Gasteiger partial charge in [-0.1, -0.05) is 0 Å². The predicted molar refractivity (Wildman–Crippen MR) is 118 cm³/mol. The Labute approximate surface area is 177 Å². The Hall–Kier alpha value is -2.81. The van der Waals surface area contributed by atoms with Crippen molar-refractivity contribution in [2.45, 2.75) is 26.3 Å². The first-order valence-electron chi connectivity index (χ1n) is 9.43. The Kier molecular flexibility index (Phi) is 8.72. The van der Waals surface area contributed by atoms with Crippen LogP contribution in [0.5, 0.6) is 11.5 Å². The number of anilines is 1. The van der Waals surface area contributed by atoms with Gasteiger partial charge >= 0.3 is 0 Å². The molecule has 0 aliphatic heterocycles. The topological polar surface area (TPSA) is 80.6 Å². The minimum atomic E-state index is 0.0156. The van der Waals surface area contributed by atoms with Gasteiger partial charge in [0.05, 0.1) is 26.5 Å². The molecule has 2 rings (SSSR count). The van der Waals surface area contributed by atoms with Crippen LogP contribution >= 0.6 is 12.2 Å². The van der Waals surface area contributed by atoms with Crippen molar-refractivity contribution in [2.24, 2.45) is 0 Å². The molecule has 9 heteroatoms. The quantitative estimate of drug-likeness (QED) is 0.452. The monoisotopic (exact) mass is 419 g/mol. The summed E-state index contributed by atoms with van der Waals surface area (Å²) in [5.74, 6) is 1.17. The number of ether oxygens (including phenoxy) is 2. The second-order valence-electron chi connectivity index (χ2n) is 6.72. The first-order valence-corrected chi connectivity index (χ1v) is 9.84. The van der Waals surface area contributed by atoms with Crippen molar-refractivity contribution in [1.29, 1.82) is 0 Å². The molecule has 0 bridgehead atoms. The lowest BCUT2D eigenvalue weighted by atomic mass is 10.2. The van der Waals surface area contributed by atoms with E-state index in [0.717, 1.165) is 30.9 Å². The Morgan fingerprint density at radius 2 is 2.10 bits per heavy atom. The lowest BCUT2D eigenvalue weighted by Crippen LogP contribution is -2.29. The normalized spacial score (nSPS) is 10.3. The first kappa shape index (κ1) is 22.5. The van der Waals surface area contributed by atoms with Gasteiger partial charge in [-0.3, -0.25) is 4.79 Å². The smallest absolute Gasteiger partial charge is 0.225 e. The van der Waals surface area contributed by atoms with E-state index in [0.29, 0.717) is 23.0 Å². The van der Waals surface area contributed by atoms with Crippen LogP contribution in [-0.2, 0) is 11.3 Å². The highest BCUT2D eigenvalue weighted by Crippen LogP contribution is 2.30. The summed E-state index contributed by atoms with van der Waals surface area (Å²) in [6, 6.07) is 5.46. The van der Waals surface area contributed by atoms with Crippen LogP contribution in [0.15, 0.2) is 30.7 Å². The van der Waals surface area contributed by atoms with Crippen molar-refractivity contribution in [2.75, 3.05) is 39.7 Å². The molecule has 0 radical (unpaired) electrons. The van der Waals surface area contributed by atoms with Gasteiger partial charge in [-0.15, -0.1) is 0 Å². The van der Waals surface area contributed by atoms with E-state index in [4.69, 9.17) is 21.7 Å². The number of carbonyl (C=O) groups excluding carboxylic acids is 1. The zero-order valence-electron chi connectivity index (χ0n) is 17.4. The zero-order valence-corrected chi connectivity index (χ0v) is 18.2. The molecule has 29 heavy (non-hydrogen) atoms. The summed E-state index contributed by atoms with van der Waals surface area (Å²) in [5, 5.41) is 6.88. The van der Waals surface area contributed by atoms with Crippen LogP contribution < -0.4 is 20.1 Å². The number of benzene rings is 1. The Balaban J connectivity index is 1.78. The SMILES string of the molecule is COc1cc(NC(=S)NCCCn2cncc2C)ccc1OCCC(=O)N(C)C. The summed E-state index contributed by atoms with van der Waals surface area (Å²) in [6.45, 7) is 3.96. The fourth-order valence-corrected chi connectivity index (χ4v) is 2.80. The van der Waals surface area contributed by atoms with Crippen molar-refractivity contribution in [3.63, 3.8) is 0 Å². The average Bonchev–Trinajstić information content (AvgIpc) is 3.10. The van der Waals surface area contributed by atoms with Crippen LogP contribution in [0.3, 0.4) is 0 Å². The van der Waals surface area contributed by atoms with Crippen LogP contribution in [-0.4, -0.2) is 59.8 Å². The average molecular weight is 420 g/mol. The number of hydrogen-bond donors (Lipinski definition) is 2. The highest BCUT2D eigenvalue weighted by molar-refractivity contribution is 7.80. The van der Waals surface area contributed by atoms with Crippen LogP contribution in [0.25, 0.3) is 0 Å². The maximum absolute atomic E-state index is 11.6. The molecule has 1 heterocycles. The second-order valence-corrected chi connectivity index (χ2v) is 7.12. The molecule has 0 atom stereocenters. The van der Waals surface area contributed by atoms with Crippen molar-refractivity contribution < 1.29 is 14.3 Å². The third-order valence-corrected chi connectivity index (χ3v) is 4.52. The first-order chi connectivity index (χ1) is 13.9. The van der Waals surface area contributed by atoms with Gasteiger partial charge in [-0.05, 0) is 37.7 Å². The van der Waals surface area contributed by atoms with E-state index in [1.807, 2.05) is 31.6 Å². The summed E-state index contributed by atoms with van der Waals surface area (Å²) in [7, 11) is 5.02. The molecule has 8 nitrogen and oxygen atoms in total. The van der Waals surface area contributed by atoms with Crippen molar-refractivity contribution in [3.8, 4) is 11.5 Å². The third kappa shape index (κ3) is 7.26. The second kappa shape index (κ2) is 11.3. The molecule has 0 saturated heterocycles. The number of nitrogens with zero attached hydrogens (tertiary/aromatic N) is 3. The van der Waals surface area contributed by atoms with Gasteiger partial charge in [0.2, 0.25) is 5.91 Å². The van der Waals surface area contributed by atoms with Gasteiger partial charge in [0, 0.05) is 50.8 Å². The van der Waals surface area contributed by atoms with Gasteiger partial charge in [-0.25, -0.2) is 4.98 Å². The van der Waals surface area contributed by atoms with E-state index in [1.54, 1.807) is 27.3 Å². The maximum atomic E-state index is 11.6. The molecular formula is C20H29N5O3S. The number of imidazole rings is 1. The minimum absolute atomic E-state index is 0.0156. The molecule has 0 saturated carbocycles. The summed E-state index contributed by atoms with van der Waals surface area (Å²) < 4.78 is 13.2. The van der Waals surface area contributed by atoms with E-state index in [1.165, 1.54) is 4.90 Å². The standard InChI is InChI=1S/C20H29N5O3S/c1-15-13-21-14-25(15)10-5-9-22-20(29)23-16-6-7-17(18(12-16)27-4)28-11-8-19(26)24(2)3/h6-7,12-14H,5,8-11H2,1-4H3,(H2,22,23,29). The number of rotatable bonds is 10. The summed E-state index contributed by atoms with van der Waals surface area (Å²) in [4.78, 5) is 17.3. The van der Waals surface area contributed by atoms with Gasteiger partial charge in [0.1, 0.15) is 0 Å². The molecule has 2 N–H and O–H groups in total. The number of methoxy groups -OCH3 is 1. The number of nitrogens with one attached hydrogen (secondary N) is 2. The van der Waals surface area contributed by atoms with E-state index < -0.39 is 0 Å². The zero-order chi connectivity index (χ0) is 21.2. The van der Waals surface area contributed by atoms with E-state index >= 15 is 0 Å². The highest BCUT2D eigenvalue weighted by atomic mass is 32.1. The van der Waals surface area contributed by atoms with Crippen molar-refractivity contribution in [1.82, 2.24) is 19.8 Å². The fraction of sp³-hybridized carbons (Fsp3) is 0.450. The summed E-state index contributed by atoms with van der Waals surface area (Å²) >= 11 is 5.36. The molecule has 0 aliphatic carbocycles. The molecular weight excluding hydrogens is 390 g/mol. The Morgan fingerprint density at radius 1 is 1.31 bits per heavy atom. The molecule has 1 aromatic carbocycles. The fourth-order valence-electron chi connectivity index (χ4n) is 2.58. The largest absolute Gasteiger partial charge is 0.493 e. The van der Waals surface area contributed by atoms with Crippen LogP contribution in [0.2, 0.25) is 0 Å². The number of thiocarbonyl (C=S) groups is 1. The molecule has 0 spiro atoms. The predicted octanol–water partition coefficient (Wildman–Crippen LogP) is 2.43. The number of hydrogen-bond acceptors (Lipinski definition) is 5.